The molecule has 1 N–H and O–H groups in total. The second-order valence-corrected chi connectivity index (χ2v) is 5.23. The number of ether oxygens (including phenoxy) is 2. The van der Waals surface area contributed by atoms with Crippen molar-refractivity contribution in [2.45, 2.75) is 6.29 Å². The molecule has 0 atom stereocenters. The van der Waals surface area contributed by atoms with E-state index in [2.05, 4.69) is 35.7 Å². The quantitative estimate of drug-likeness (QED) is 0.849. The number of aromatic nitrogens is 1. The van der Waals surface area contributed by atoms with Gasteiger partial charge in [0.1, 0.15) is 5.82 Å². The van der Waals surface area contributed by atoms with Crippen LogP contribution in [-0.4, -0.2) is 11.3 Å². The second kappa shape index (κ2) is 4.75. The number of rotatable bonds is 2. The maximum Gasteiger partial charge on any atom is 0.586 e. The molecular weight excluding hydrogens is 357 g/mol. The Labute approximate surface area is 125 Å². The van der Waals surface area contributed by atoms with E-state index in [1.165, 1.54) is 18.3 Å². The molecule has 0 saturated carbocycles. The summed E-state index contributed by atoms with van der Waals surface area (Å²) >= 11 is 9.09. The topological polar surface area (TPSA) is 43.4 Å². The summed E-state index contributed by atoms with van der Waals surface area (Å²) < 4.78 is 35.1. The zero-order valence-corrected chi connectivity index (χ0v) is 12.0. The molecule has 0 aliphatic carbocycles. The standard InChI is InChI=1S/C12H6BrClF2N2O2/c13-8-3-6(14)5-17-11(8)18-7-1-2-9-10(4-7)20-12(15,16)19-9/h1-5H,(H,17,18). The predicted octanol–water partition coefficient (Wildman–Crippen LogP) is 4.56. The monoisotopic (exact) mass is 362 g/mol. The fourth-order valence-corrected chi connectivity index (χ4v) is 2.41. The zero-order chi connectivity index (χ0) is 14.3. The number of anilines is 2. The molecule has 3 rings (SSSR count). The summed E-state index contributed by atoms with van der Waals surface area (Å²) in [5.74, 6) is 0.453. The lowest BCUT2D eigenvalue weighted by Gasteiger charge is -2.08. The Balaban J connectivity index is 1.86. The molecule has 1 aromatic carbocycles. The van der Waals surface area contributed by atoms with E-state index in [0.717, 1.165) is 0 Å². The molecule has 0 spiro atoms. The van der Waals surface area contributed by atoms with Gasteiger partial charge < -0.3 is 14.8 Å². The van der Waals surface area contributed by atoms with E-state index < -0.39 is 6.29 Å². The Bertz CT molecular complexity index is 685. The summed E-state index contributed by atoms with van der Waals surface area (Å²) in [6.07, 6.45) is -2.16. The first kappa shape index (κ1) is 13.4. The molecule has 4 nitrogen and oxygen atoms in total. The highest BCUT2D eigenvalue weighted by molar-refractivity contribution is 9.10. The molecule has 8 heteroatoms. The van der Waals surface area contributed by atoms with E-state index in [0.29, 0.717) is 21.0 Å². The Morgan fingerprint density at radius 2 is 1.95 bits per heavy atom. The van der Waals surface area contributed by atoms with E-state index in [1.807, 2.05) is 0 Å². The largest absolute Gasteiger partial charge is 0.586 e. The van der Waals surface area contributed by atoms with Crippen molar-refractivity contribution in [3.05, 3.63) is 40.0 Å². The van der Waals surface area contributed by atoms with E-state index >= 15 is 0 Å². The Kier molecular flexibility index (Phi) is 3.18. The van der Waals surface area contributed by atoms with Crippen molar-refractivity contribution >= 4 is 39.0 Å². The Morgan fingerprint density at radius 3 is 2.70 bits per heavy atom. The van der Waals surface area contributed by atoms with Crippen LogP contribution < -0.4 is 14.8 Å². The van der Waals surface area contributed by atoms with Crippen molar-refractivity contribution in [2.75, 3.05) is 5.32 Å². The van der Waals surface area contributed by atoms with Gasteiger partial charge >= 0.3 is 6.29 Å². The maximum atomic E-state index is 12.9. The van der Waals surface area contributed by atoms with Crippen LogP contribution in [0, 0.1) is 0 Å². The lowest BCUT2D eigenvalue weighted by molar-refractivity contribution is -0.286. The van der Waals surface area contributed by atoms with Crippen LogP contribution in [0.15, 0.2) is 34.9 Å². The molecule has 0 unspecified atom stereocenters. The van der Waals surface area contributed by atoms with Crippen LogP contribution in [0.4, 0.5) is 20.3 Å². The van der Waals surface area contributed by atoms with Gasteiger partial charge in [-0.15, -0.1) is 8.78 Å². The Hall–Kier alpha value is -1.60. The first-order valence-electron chi connectivity index (χ1n) is 5.41. The van der Waals surface area contributed by atoms with Gasteiger partial charge in [-0.1, -0.05) is 11.6 Å². The Morgan fingerprint density at radius 1 is 1.20 bits per heavy atom. The minimum Gasteiger partial charge on any atom is -0.395 e. The number of hydrogen-bond acceptors (Lipinski definition) is 4. The van der Waals surface area contributed by atoms with Crippen LogP contribution in [0.1, 0.15) is 0 Å². The summed E-state index contributed by atoms with van der Waals surface area (Å²) in [5.41, 5.74) is 0.528. The molecule has 20 heavy (non-hydrogen) atoms. The highest BCUT2D eigenvalue weighted by Crippen LogP contribution is 2.42. The third-order valence-corrected chi connectivity index (χ3v) is 3.28. The minimum atomic E-state index is -3.62. The van der Waals surface area contributed by atoms with Gasteiger partial charge in [0.2, 0.25) is 0 Å². The summed E-state index contributed by atoms with van der Waals surface area (Å²) in [5, 5.41) is 3.44. The smallest absolute Gasteiger partial charge is 0.395 e. The van der Waals surface area contributed by atoms with Crippen molar-refractivity contribution in [3.63, 3.8) is 0 Å². The lowest BCUT2D eigenvalue weighted by Crippen LogP contribution is -2.25. The second-order valence-electron chi connectivity index (χ2n) is 3.94. The van der Waals surface area contributed by atoms with Gasteiger partial charge in [0, 0.05) is 18.0 Å². The molecule has 0 radical (unpaired) electrons. The third-order valence-electron chi connectivity index (χ3n) is 2.47. The average Bonchev–Trinajstić information content (AvgIpc) is 2.66. The van der Waals surface area contributed by atoms with Gasteiger partial charge in [-0.3, -0.25) is 0 Å². The normalized spacial score (nSPS) is 15.2. The number of fused-ring (bicyclic) bond motifs is 1. The molecule has 0 fully saturated rings. The molecule has 0 saturated heterocycles. The lowest BCUT2D eigenvalue weighted by atomic mass is 10.3. The fraction of sp³-hybridized carbons (Fsp3) is 0.0833. The van der Waals surface area contributed by atoms with Gasteiger partial charge in [0.25, 0.3) is 0 Å². The summed E-state index contributed by atoms with van der Waals surface area (Å²) in [6, 6.07) is 6.03. The third kappa shape index (κ3) is 2.64. The van der Waals surface area contributed by atoms with Gasteiger partial charge in [0.15, 0.2) is 11.5 Å². The number of benzene rings is 1. The van der Waals surface area contributed by atoms with Gasteiger partial charge in [-0.25, -0.2) is 4.98 Å². The van der Waals surface area contributed by atoms with Crippen molar-refractivity contribution in [1.29, 1.82) is 0 Å². The number of alkyl halides is 2. The van der Waals surface area contributed by atoms with Crippen molar-refractivity contribution in [2.24, 2.45) is 0 Å². The molecule has 1 aliphatic heterocycles. The molecule has 2 heterocycles. The van der Waals surface area contributed by atoms with Crippen LogP contribution in [-0.2, 0) is 0 Å². The SMILES string of the molecule is FC1(F)Oc2ccc(Nc3ncc(Cl)cc3Br)cc2O1. The van der Waals surface area contributed by atoms with Crippen LogP contribution >= 0.6 is 27.5 Å². The molecule has 1 aliphatic rings. The number of hydrogen-bond donors (Lipinski definition) is 1. The van der Waals surface area contributed by atoms with Gasteiger partial charge in [-0.2, -0.15) is 0 Å². The van der Waals surface area contributed by atoms with E-state index in [-0.39, 0.29) is 11.5 Å². The van der Waals surface area contributed by atoms with Crippen molar-refractivity contribution < 1.29 is 18.3 Å². The number of pyridine rings is 1. The minimum absolute atomic E-state index is 0.0105. The fourth-order valence-electron chi connectivity index (χ4n) is 1.67. The van der Waals surface area contributed by atoms with Gasteiger partial charge in [-0.05, 0) is 34.1 Å². The van der Waals surface area contributed by atoms with Crippen LogP contribution in [0.25, 0.3) is 0 Å². The highest BCUT2D eigenvalue weighted by atomic mass is 79.9. The van der Waals surface area contributed by atoms with Crippen molar-refractivity contribution in [3.8, 4) is 11.5 Å². The molecule has 104 valence electrons. The van der Waals surface area contributed by atoms with Crippen LogP contribution in [0.2, 0.25) is 5.02 Å². The van der Waals surface area contributed by atoms with Crippen LogP contribution in [0.5, 0.6) is 11.5 Å². The molecule has 2 aromatic rings. The zero-order valence-electron chi connectivity index (χ0n) is 9.66. The number of nitrogens with one attached hydrogen (secondary N) is 1. The summed E-state index contributed by atoms with van der Waals surface area (Å²) in [6.45, 7) is 0. The maximum absolute atomic E-state index is 12.9. The molecule has 0 amide bonds. The first-order valence-corrected chi connectivity index (χ1v) is 6.58. The summed E-state index contributed by atoms with van der Waals surface area (Å²) in [7, 11) is 0. The van der Waals surface area contributed by atoms with Crippen molar-refractivity contribution in [1.82, 2.24) is 4.98 Å². The number of halogens is 4. The van der Waals surface area contributed by atoms with E-state index in [1.54, 1.807) is 12.1 Å². The highest BCUT2D eigenvalue weighted by Gasteiger charge is 2.43. The predicted molar refractivity (Wildman–Crippen MR) is 72.9 cm³/mol. The molecule has 1 aromatic heterocycles. The van der Waals surface area contributed by atoms with Gasteiger partial charge in [0.05, 0.1) is 9.50 Å². The summed E-state index contributed by atoms with van der Waals surface area (Å²) in [4.78, 5) is 4.09. The van der Waals surface area contributed by atoms with E-state index in [9.17, 15) is 8.78 Å². The number of nitrogens with zero attached hydrogens (tertiary/aromatic N) is 1. The van der Waals surface area contributed by atoms with Crippen LogP contribution in [0.3, 0.4) is 0 Å². The molecule has 0 bridgehead atoms. The molecular formula is C12H6BrClF2N2O2. The first-order chi connectivity index (χ1) is 9.43. The van der Waals surface area contributed by atoms with E-state index in [4.69, 9.17) is 11.6 Å². The average molecular weight is 364 g/mol.